The van der Waals surface area contributed by atoms with Gasteiger partial charge in [0, 0.05) is 4.98 Å². The van der Waals surface area contributed by atoms with Crippen molar-refractivity contribution in [1.82, 2.24) is 9.78 Å². The van der Waals surface area contributed by atoms with Crippen LogP contribution in [-0.4, -0.2) is 9.78 Å². The van der Waals surface area contributed by atoms with Crippen molar-refractivity contribution in [2.45, 2.75) is 0 Å². The van der Waals surface area contributed by atoms with Gasteiger partial charge >= 0.3 is 5.82 Å². The number of diazo groups is 1. The molecule has 0 aliphatic carbocycles. The predicted octanol–water partition coefficient (Wildman–Crippen LogP) is 2.23. The van der Waals surface area contributed by atoms with Crippen molar-refractivity contribution in [1.29, 1.82) is 10.7 Å². The van der Waals surface area contributed by atoms with Crippen LogP contribution in [0.2, 0.25) is 0 Å². The minimum Gasteiger partial charge on any atom is -0.192 e. The molecular weight excluding hydrogens is 190 g/mol. The first-order valence-corrected chi connectivity index (χ1v) is 4.25. The second kappa shape index (κ2) is 3.60. The highest BCUT2D eigenvalue weighted by atomic mass is 15.3. The number of benzene rings is 1. The lowest BCUT2D eigenvalue weighted by Gasteiger charge is -1.90. The van der Waals surface area contributed by atoms with Crippen molar-refractivity contribution in [3.8, 4) is 11.8 Å². The Hall–Kier alpha value is -2.66. The molecule has 0 radical (unpaired) electrons. The Morgan fingerprint density at radius 3 is 2.60 bits per heavy atom. The molecule has 0 saturated heterocycles. The standard InChI is InChI=1S/C10H6N5/c11-6-8-7-13-15(10(8)14-12)9-4-2-1-3-5-9/h1-5,7H/q+1. The number of rotatable bonds is 1. The summed E-state index contributed by atoms with van der Waals surface area (Å²) in [6, 6.07) is 11.1. The summed E-state index contributed by atoms with van der Waals surface area (Å²) in [4.78, 5) is 3.06. The van der Waals surface area contributed by atoms with Crippen LogP contribution in [-0.2, 0) is 0 Å². The molecule has 0 spiro atoms. The first kappa shape index (κ1) is 8.92. The second-order valence-corrected chi connectivity index (χ2v) is 2.84. The molecule has 2 aromatic rings. The molecule has 0 N–H and O–H groups in total. The Morgan fingerprint density at radius 1 is 1.27 bits per heavy atom. The molecule has 0 fully saturated rings. The number of aromatic nitrogens is 2. The van der Waals surface area contributed by atoms with Gasteiger partial charge in [0.05, 0.1) is 11.6 Å². The third kappa shape index (κ3) is 1.43. The number of hydrogen-bond acceptors (Lipinski definition) is 3. The molecule has 0 bridgehead atoms. The van der Waals surface area contributed by atoms with Crippen molar-refractivity contribution in [3.63, 3.8) is 0 Å². The van der Waals surface area contributed by atoms with Gasteiger partial charge in [-0.15, -0.1) is 0 Å². The summed E-state index contributed by atoms with van der Waals surface area (Å²) in [5, 5.41) is 21.5. The first-order valence-electron chi connectivity index (χ1n) is 4.25. The van der Waals surface area contributed by atoms with Crippen molar-refractivity contribution < 1.29 is 0 Å². The van der Waals surface area contributed by atoms with E-state index in [1.807, 2.05) is 36.4 Å². The minimum absolute atomic E-state index is 0.142. The van der Waals surface area contributed by atoms with E-state index in [0.29, 0.717) is 0 Å². The van der Waals surface area contributed by atoms with Crippen molar-refractivity contribution in [3.05, 3.63) is 47.1 Å². The van der Waals surface area contributed by atoms with Gasteiger partial charge in [-0.2, -0.15) is 5.26 Å². The topological polar surface area (TPSA) is 69.8 Å². The fraction of sp³-hybridized carbons (Fsp3) is 0. The summed E-state index contributed by atoms with van der Waals surface area (Å²) in [6.07, 6.45) is 1.36. The van der Waals surface area contributed by atoms with Gasteiger partial charge in [-0.1, -0.05) is 28.0 Å². The van der Waals surface area contributed by atoms with Crippen LogP contribution in [0.5, 0.6) is 0 Å². The van der Waals surface area contributed by atoms with Gasteiger partial charge in [0.1, 0.15) is 6.07 Å². The number of para-hydroxylation sites is 1. The fourth-order valence-corrected chi connectivity index (χ4v) is 1.28. The largest absolute Gasteiger partial charge is 0.469 e. The highest BCUT2D eigenvalue weighted by Gasteiger charge is 2.23. The maximum absolute atomic E-state index is 8.79. The Bertz CT molecular complexity index is 556. The zero-order chi connectivity index (χ0) is 10.7. The molecule has 1 aromatic carbocycles. The van der Waals surface area contributed by atoms with E-state index >= 15 is 0 Å². The Labute approximate surface area is 85.8 Å². The van der Waals surface area contributed by atoms with Crippen LogP contribution in [0.25, 0.3) is 10.7 Å². The third-order valence-corrected chi connectivity index (χ3v) is 1.96. The van der Waals surface area contributed by atoms with Crippen LogP contribution < -0.4 is 0 Å². The first-order chi connectivity index (χ1) is 7.36. The van der Waals surface area contributed by atoms with E-state index in [4.69, 9.17) is 10.7 Å². The molecule has 1 aromatic heterocycles. The summed E-state index contributed by atoms with van der Waals surface area (Å²) in [7, 11) is 0. The molecule has 0 unspecified atom stereocenters. The van der Waals surface area contributed by atoms with Crippen LogP contribution in [0, 0.1) is 16.7 Å². The maximum Gasteiger partial charge on any atom is 0.469 e. The third-order valence-electron chi connectivity index (χ3n) is 1.96. The molecule has 5 heteroatoms. The molecule has 0 saturated carbocycles. The number of nitrogens with zero attached hydrogens (tertiary/aromatic N) is 5. The molecular formula is C10H6N5+. The van der Waals surface area contributed by atoms with Crippen LogP contribution in [0.15, 0.2) is 36.5 Å². The van der Waals surface area contributed by atoms with Crippen molar-refractivity contribution in [2.24, 2.45) is 0 Å². The van der Waals surface area contributed by atoms with Gasteiger partial charge in [0.2, 0.25) is 0 Å². The lowest BCUT2D eigenvalue weighted by Crippen LogP contribution is -1.93. The summed E-state index contributed by atoms with van der Waals surface area (Å²) in [6.45, 7) is 0. The van der Waals surface area contributed by atoms with Gasteiger partial charge in [-0.3, -0.25) is 0 Å². The lowest BCUT2D eigenvalue weighted by molar-refractivity contribution is 0.893. The fourth-order valence-electron chi connectivity index (χ4n) is 1.28. The molecule has 2 rings (SSSR count). The highest BCUT2D eigenvalue weighted by Crippen LogP contribution is 2.21. The molecule has 70 valence electrons. The van der Waals surface area contributed by atoms with E-state index in [0.717, 1.165) is 5.69 Å². The molecule has 0 aliphatic rings. The van der Waals surface area contributed by atoms with E-state index in [2.05, 4.69) is 10.1 Å². The normalized spacial score (nSPS) is 9.20. The smallest absolute Gasteiger partial charge is 0.192 e. The van der Waals surface area contributed by atoms with Gasteiger partial charge in [-0.25, -0.2) is 0 Å². The van der Waals surface area contributed by atoms with Crippen LogP contribution >= 0.6 is 0 Å². The van der Waals surface area contributed by atoms with Gasteiger partial charge < -0.3 is 0 Å². The monoisotopic (exact) mass is 196 g/mol. The second-order valence-electron chi connectivity index (χ2n) is 2.84. The minimum atomic E-state index is 0.142. The molecule has 15 heavy (non-hydrogen) atoms. The number of nitriles is 1. The van der Waals surface area contributed by atoms with Crippen molar-refractivity contribution >= 4 is 5.82 Å². The predicted molar refractivity (Wildman–Crippen MR) is 53.0 cm³/mol. The quantitative estimate of drug-likeness (QED) is 0.656. The zero-order valence-electron chi connectivity index (χ0n) is 7.70. The highest BCUT2D eigenvalue weighted by molar-refractivity contribution is 5.56. The average Bonchev–Trinajstić information content (AvgIpc) is 2.72. The Kier molecular flexibility index (Phi) is 2.14. The van der Waals surface area contributed by atoms with Crippen LogP contribution in [0.3, 0.4) is 0 Å². The summed E-state index contributed by atoms with van der Waals surface area (Å²) in [5.41, 5.74) is 0.980. The van der Waals surface area contributed by atoms with Crippen LogP contribution in [0.4, 0.5) is 5.82 Å². The SMILES string of the molecule is N#Cc1cnn(-c2ccccc2)c1[N+]#N. The van der Waals surface area contributed by atoms with Gasteiger partial charge in [-0.05, 0) is 12.1 Å². The number of hydrogen-bond donors (Lipinski definition) is 0. The van der Waals surface area contributed by atoms with E-state index in [9.17, 15) is 0 Å². The van der Waals surface area contributed by atoms with Crippen LogP contribution in [0.1, 0.15) is 5.56 Å². The maximum atomic E-state index is 8.79. The van der Waals surface area contributed by atoms with E-state index in [1.165, 1.54) is 10.9 Å². The van der Waals surface area contributed by atoms with E-state index in [-0.39, 0.29) is 11.4 Å². The average molecular weight is 196 g/mol. The van der Waals surface area contributed by atoms with E-state index < -0.39 is 0 Å². The Morgan fingerprint density at radius 2 is 2.00 bits per heavy atom. The lowest BCUT2D eigenvalue weighted by atomic mass is 10.3. The molecule has 1 heterocycles. The summed E-state index contributed by atoms with van der Waals surface area (Å²) >= 11 is 0. The zero-order valence-corrected chi connectivity index (χ0v) is 7.70. The molecule has 0 amide bonds. The van der Waals surface area contributed by atoms with E-state index in [1.54, 1.807) is 0 Å². The van der Waals surface area contributed by atoms with Crippen molar-refractivity contribution in [2.75, 3.05) is 0 Å². The molecule has 0 atom stereocenters. The Balaban J connectivity index is 2.62. The van der Waals surface area contributed by atoms with Gasteiger partial charge in [0.15, 0.2) is 11.3 Å². The molecule has 5 nitrogen and oxygen atoms in total. The summed E-state index contributed by atoms with van der Waals surface area (Å²) in [5.74, 6) is 0.142. The van der Waals surface area contributed by atoms with Gasteiger partial charge in [0.25, 0.3) is 0 Å². The molecule has 0 aliphatic heterocycles. The summed E-state index contributed by atoms with van der Waals surface area (Å²) < 4.78 is 1.40.